The predicted octanol–water partition coefficient (Wildman–Crippen LogP) is 6.57. The van der Waals surface area contributed by atoms with Gasteiger partial charge in [0.15, 0.2) is 0 Å². The smallest absolute Gasteiger partial charge is 0.248 e. The van der Waals surface area contributed by atoms with E-state index in [0.717, 1.165) is 67.8 Å². The van der Waals surface area contributed by atoms with Crippen molar-refractivity contribution in [2.45, 2.75) is 37.2 Å². The van der Waals surface area contributed by atoms with E-state index in [4.69, 9.17) is 5.73 Å². The first kappa shape index (κ1) is 37.6. The summed E-state index contributed by atoms with van der Waals surface area (Å²) in [6, 6.07) is 43.3. The Morgan fingerprint density at radius 3 is 2.05 bits per heavy atom. The van der Waals surface area contributed by atoms with Gasteiger partial charge >= 0.3 is 0 Å². The van der Waals surface area contributed by atoms with Crippen LogP contribution in [0.1, 0.15) is 46.8 Å². The number of carbonyl (C=O) groups is 1. The van der Waals surface area contributed by atoms with E-state index < -0.39 is 11.5 Å². The fourth-order valence-corrected chi connectivity index (χ4v) is 8.23. The van der Waals surface area contributed by atoms with Crippen LogP contribution < -0.4 is 21.9 Å². The van der Waals surface area contributed by atoms with Gasteiger partial charge in [-0.15, -0.1) is 0 Å². The lowest BCUT2D eigenvalue weighted by Gasteiger charge is -2.37. The number of likely N-dealkylation sites (tertiary alicyclic amines) is 1. The number of hydrogen-bond donors (Lipinski definition) is 6. The molecule has 6 aromatic rings. The van der Waals surface area contributed by atoms with Gasteiger partial charge in [-0.2, -0.15) is 0 Å². The summed E-state index contributed by atoms with van der Waals surface area (Å²) in [6.45, 7) is 3.78. The lowest BCUT2D eigenvalue weighted by atomic mass is 9.64. The highest BCUT2D eigenvalue weighted by Crippen LogP contribution is 2.43. The molecule has 0 saturated carbocycles. The molecule has 282 valence electrons. The fraction of sp³-hybridized carbons (Fsp3) is 0.261. The molecule has 1 aliphatic heterocycles. The maximum Gasteiger partial charge on any atom is 0.248 e. The Morgan fingerprint density at radius 2 is 1.44 bits per heavy atom. The Hall–Kier alpha value is -5.74. The number of benzene rings is 5. The second-order valence-electron chi connectivity index (χ2n) is 14.6. The van der Waals surface area contributed by atoms with Crippen LogP contribution in [0.5, 0.6) is 5.75 Å². The number of nitrogens with two attached hydrogens (primary N) is 1. The van der Waals surface area contributed by atoms with Crippen molar-refractivity contribution < 1.29 is 15.0 Å². The third-order valence-electron chi connectivity index (χ3n) is 11.1. The number of aromatic nitrogens is 1. The van der Waals surface area contributed by atoms with Gasteiger partial charge in [0.2, 0.25) is 11.5 Å². The summed E-state index contributed by atoms with van der Waals surface area (Å²) in [5.41, 5.74) is 12.6. The number of primary amides is 1. The molecule has 9 nitrogen and oxygen atoms in total. The van der Waals surface area contributed by atoms with Crippen molar-refractivity contribution in [3.05, 3.63) is 172 Å². The van der Waals surface area contributed by atoms with Crippen molar-refractivity contribution in [1.29, 1.82) is 0 Å². The van der Waals surface area contributed by atoms with Crippen molar-refractivity contribution in [1.82, 2.24) is 15.2 Å². The van der Waals surface area contributed by atoms with E-state index in [0.29, 0.717) is 29.6 Å². The third kappa shape index (κ3) is 8.49. The van der Waals surface area contributed by atoms with E-state index in [1.54, 1.807) is 12.1 Å². The van der Waals surface area contributed by atoms with Crippen LogP contribution in [0.4, 0.5) is 11.4 Å². The molecule has 1 amide bonds. The molecule has 9 heteroatoms. The number of nitrogens with one attached hydrogen (secondary N) is 3. The topological polar surface area (TPSA) is 144 Å². The molecule has 5 aromatic carbocycles. The number of phenolic OH excluding ortho intramolecular Hbond substituents is 1. The summed E-state index contributed by atoms with van der Waals surface area (Å²) < 4.78 is 0. The molecule has 55 heavy (non-hydrogen) atoms. The lowest BCUT2D eigenvalue weighted by molar-refractivity contribution is -0.123. The van der Waals surface area contributed by atoms with Gasteiger partial charge in [0.1, 0.15) is 11.2 Å². The molecule has 1 fully saturated rings. The van der Waals surface area contributed by atoms with Crippen LogP contribution in [0, 0.1) is 5.92 Å². The maximum atomic E-state index is 13.4. The number of nitrogens with zero attached hydrogens (tertiary/aromatic N) is 1. The summed E-state index contributed by atoms with van der Waals surface area (Å²) >= 11 is 0. The predicted molar refractivity (Wildman–Crippen MR) is 220 cm³/mol. The zero-order valence-electron chi connectivity index (χ0n) is 31.0. The molecule has 2 atom stereocenters. The molecule has 0 spiro atoms. The minimum absolute atomic E-state index is 0.0233. The van der Waals surface area contributed by atoms with Gasteiger partial charge in [0.05, 0.1) is 11.6 Å². The van der Waals surface area contributed by atoms with Crippen molar-refractivity contribution in [2.24, 2.45) is 11.7 Å². The standard InChI is InChI=1S/C46H49N5O4/c47-45(55)46(34-9-3-1-4-10-34,35-11-5-2-6-12-35)36-26-29-51(31-36)28-7-8-32-13-17-37(18-14-32)49-38-19-15-33(16-20-38)25-27-48-30-42(53)39-21-23-41(52)44-40(39)22-24-43(54)50-44/h1-6,9-24,36,42,48-49,52-53H,7-8,25-31H2,(H2,47,55)(H,50,54). The number of aryl methyl sites for hydroxylation is 1. The van der Waals surface area contributed by atoms with E-state index in [1.165, 1.54) is 23.3 Å². The number of phenols is 1. The fourth-order valence-electron chi connectivity index (χ4n) is 8.23. The Labute approximate surface area is 321 Å². The Morgan fingerprint density at radius 1 is 0.818 bits per heavy atom. The number of aliphatic hydroxyl groups excluding tert-OH is 1. The van der Waals surface area contributed by atoms with E-state index >= 15 is 0 Å². The van der Waals surface area contributed by atoms with E-state index in [9.17, 15) is 19.8 Å². The molecule has 0 radical (unpaired) electrons. The summed E-state index contributed by atoms with van der Waals surface area (Å²) in [5.74, 6) is -0.213. The Bertz CT molecular complexity index is 2200. The third-order valence-corrected chi connectivity index (χ3v) is 11.1. The van der Waals surface area contributed by atoms with Gasteiger partial charge in [0, 0.05) is 35.9 Å². The number of amides is 1. The first-order valence-corrected chi connectivity index (χ1v) is 19.1. The van der Waals surface area contributed by atoms with Crippen molar-refractivity contribution in [3.63, 3.8) is 0 Å². The van der Waals surface area contributed by atoms with Gasteiger partial charge in [0.25, 0.3) is 0 Å². The summed E-state index contributed by atoms with van der Waals surface area (Å²) in [4.78, 5) is 30.2. The summed E-state index contributed by atoms with van der Waals surface area (Å²) in [7, 11) is 0. The molecule has 1 aliphatic rings. The van der Waals surface area contributed by atoms with Gasteiger partial charge < -0.3 is 36.5 Å². The molecule has 0 aliphatic carbocycles. The quantitative estimate of drug-likeness (QED) is 0.0618. The lowest BCUT2D eigenvalue weighted by Crippen LogP contribution is -2.49. The van der Waals surface area contributed by atoms with Crippen LogP contribution in [-0.2, 0) is 23.1 Å². The zero-order valence-corrected chi connectivity index (χ0v) is 31.0. The van der Waals surface area contributed by atoms with Crippen molar-refractivity contribution in [3.8, 4) is 5.75 Å². The van der Waals surface area contributed by atoms with E-state index in [2.05, 4.69) is 69.0 Å². The highest BCUT2D eigenvalue weighted by atomic mass is 16.3. The average Bonchev–Trinajstić information content (AvgIpc) is 3.68. The Balaban J connectivity index is 0.858. The molecule has 1 saturated heterocycles. The normalized spacial score (nSPS) is 15.3. The molecule has 2 unspecified atom stereocenters. The SMILES string of the molecule is NC(=O)C(c1ccccc1)(c1ccccc1)C1CCN(CCCc2ccc(Nc3ccc(CCNCC(O)c4ccc(O)c5[nH]c(=O)ccc45)cc3)cc2)C1. The zero-order chi connectivity index (χ0) is 38.2. The van der Waals surface area contributed by atoms with Gasteiger partial charge in [-0.25, -0.2) is 0 Å². The van der Waals surface area contributed by atoms with E-state index in [1.807, 2.05) is 60.7 Å². The molecule has 0 bridgehead atoms. The van der Waals surface area contributed by atoms with Crippen LogP contribution in [0.25, 0.3) is 10.9 Å². The average molecular weight is 736 g/mol. The number of rotatable bonds is 16. The Kier molecular flexibility index (Phi) is 11.7. The minimum atomic E-state index is -0.861. The number of aliphatic hydroxyl groups is 1. The molecule has 7 N–H and O–H groups in total. The van der Waals surface area contributed by atoms with Crippen LogP contribution in [0.2, 0.25) is 0 Å². The van der Waals surface area contributed by atoms with Crippen LogP contribution in [0.15, 0.2) is 138 Å². The van der Waals surface area contributed by atoms with Crippen LogP contribution >= 0.6 is 0 Å². The number of aromatic hydroxyl groups is 1. The number of H-pyrrole nitrogens is 1. The van der Waals surface area contributed by atoms with Gasteiger partial charge in [-0.05, 0) is 115 Å². The maximum absolute atomic E-state index is 13.4. The first-order chi connectivity index (χ1) is 26.8. The van der Waals surface area contributed by atoms with Gasteiger partial charge in [-0.3, -0.25) is 9.59 Å². The number of fused-ring (bicyclic) bond motifs is 1. The highest BCUT2D eigenvalue weighted by molar-refractivity contribution is 5.91. The molecule has 1 aromatic heterocycles. The number of carbonyl (C=O) groups excluding carboxylic acids is 1. The summed E-state index contributed by atoms with van der Waals surface area (Å²) in [6.07, 6.45) is 2.94. The number of pyridine rings is 1. The second kappa shape index (κ2) is 17.2. The van der Waals surface area contributed by atoms with Crippen molar-refractivity contribution in [2.75, 3.05) is 38.0 Å². The monoisotopic (exact) mass is 735 g/mol. The van der Waals surface area contributed by atoms with Crippen molar-refractivity contribution >= 4 is 28.2 Å². The molecular formula is C46H49N5O4. The molecule has 7 rings (SSSR count). The minimum Gasteiger partial charge on any atom is -0.506 e. The highest BCUT2D eigenvalue weighted by Gasteiger charge is 2.49. The van der Waals surface area contributed by atoms with Crippen LogP contribution in [0.3, 0.4) is 0 Å². The van der Waals surface area contributed by atoms with E-state index in [-0.39, 0.29) is 23.1 Å². The number of aromatic amines is 1. The molecular weight excluding hydrogens is 687 g/mol. The largest absolute Gasteiger partial charge is 0.506 e. The second-order valence-corrected chi connectivity index (χ2v) is 14.6. The summed E-state index contributed by atoms with van der Waals surface area (Å²) in [5, 5.41) is 28.4. The first-order valence-electron chi connectivity index (χ1n) is 19.1. The molecule has 2 heterocycles. The number of hydrogen-bond acceptors (Lipinski definition) is 7. The van der Waals surface area contributed by atoms with Crippen LogP contribution in [-0.4, -0.2) is 58.7 Å². The van der Waals surface area contributed by atoms with Gasteiger partial charge in [-0.1, -0.05) is 91.0 Å². The number of anilines is 2.